The van der Waals surface area contributed by atoms with Gasteiger partial charge in [-0.2, -0.15) is 4.98 Å². The number of hydrogen-bond acceptors (Lipinski definition) is 5. The van der Waals surface area contributed by atoms with Gasteiger partial charge in [0.15, 0.2) is 0 Å². The summed E-state index contributed by atoms with van der Waals surface area (Å²) >= 11 is 0. The lowest BCUT2D eigenvalue weighted by atomic mass is 9.85. The molecule has 4 rings (SSSR count). The maximum absolute atomic E-state index is 12.4. The molecule has 2 aliphatic carbocycles. The van der Waals surface area contributed by atoms with E-state index in [1.165, 1.54) is 19.3 Å². The van der Waals surface area contributed by atoms with Gasteiger partial charge in [0, 0.05) is 38.0 Å². The number of fused-ring (bicyclic) bond motifs is 1. The fourth-order valence-electron chi connectivity index (χ4n) is 4.91. The van der Waals surface area contributed by atoms with Crippen LogP contribution in [0.25, 0.3) is 10.9 Å². The summed E-state index contributed by atoms with van der Waals surface area (Å²) in [6, 6.07) is 8.56. The van der Waals surface area contributed by atoms with Gasteiger partial charge in [0.05, 0.1) is 5.52 Å². The number of nitrogens with one attached hydrogen (secondary N) is 2. The van der Waals surface area contributed by atoms with Gasteiger partial charge in [-0.3, -0.25) is 4.79 Å². The maximum atomic E-state index is 12.4. The van der Waals surface area contributed by atoms with Crippen LogP contribution >= 0.6 is 0 Å². The van der Waals surface area contributed by atoms with E-state index in [0.29, 0.717) is 17.9 Å². The first-order chi connectivity index (χ1) is 14.6. The maximum Gasteiger partial charge on any atom is 0.225 e. The highest BCUT2D eigenvalue weighted by atomic mass is 16.1. The Bertz CT molecular complexity index is 854. The van der Waals surface area contributed by atoms with E-state index >= 15 is 0 Å². The Morgan fingerprint density at radius 2 is 1.73 bits per heavy atom. The number of nitrogens with zero attached hydrogens (tertiary/aromatic N) is 3. The van der Waals surface area contributed by atoms with Crippen molar-refractivity contribution in [2.45, 2.75) is 63.8 Å². The summed E-state index contributed by atoms with van der Waals surface area (Å²) in [7, 11) is 4.04. The first-order valence-corrected chi connectivity index (χ1v) is 11.6. The summed E-state index contributed by atoms with van der Waals surface area (Å²) < 4.78 is 0. The van der Waals surface area contributed by atoms with E-state index < -0.39 is 0 Å². The second-order valence-electron chi connectivity index (χ2n) is 9.22. The number of amides is 1. The smallest absolute Gasteiger partial charge is 0.225 e. The molecule has 0 aliphatic heterocycles. The van der Waals surface area contributed by atoms with Crippen LogP contribution in [-0.2, 0) is 4.79 Å². The Kier molecular flexibility index (Phi) is 6.70. The number of para-hydroxylation sites is 1. The molecular formula is C24H35N5O. The minimum atomic E-state index is 0.257. The number of benzene rings is 1. The lowest BCUT2D eigenvalue weighted by Gasteiger charge is -2.30. The van der Waals surface area contributed by atoms with E-state index in [4.69, 9.17) is 9.97 Å². The second kappa shape index (κ2) is 9.63. The van der Waals surface area contributed by atoms with E-state index in [-0.39, 0.29) is 11.8 Å². The summed E-state index contributed by atoms with van der Waals surface area (Å²) in [5.74, 6) is 2.79. The molecule has 0 atom stereocenters. The van der Waals surface area contributed by atoms with Gasteiger partial charge in [-0.1, -0.05) is 31.4 Å². The quantitative estimate of drug-likeness (QED) is 0.742. The fourth-order valence-corrected chi connectivity index (χ4v) is 4.91. The monoisotopic (exact) mass is 409 g/mol. The van der Waals surface area contributed by atoms with Gasteiger partial charge >= 0.3 is 0 Å². The van der Waals surface area contributed by atoms with Crippen LogP contribution in [0.3, 0.4) is 0 Å². The molecule has 1 aromatic carbocycles. The molecule has 2 saturated carbocycles. The van der Waals surface area contributed by atoms with Crippen LogP contribution in [0.5, 0.6) is 0 Å². The van der Waals surface area contributed by atoms with Crippen LogP contribution in [0.15, 0.2) is 24.3 Å². The van der Waals surface area contributed by atoms with Gasteiger partial charge in [-0.15, -0.1) is 0 Å². The van der Waals surface area contributed by atoms with Gasteiger partial charge in [0.1, 0.15) is 5.82 Å². The minimum Gasteiger partial charge on any atom is -0.362 e. The normalized spacial score (nSPS) is 22.6. The molecular weight excluding hydrogens is 374 g/mol. The number of carbonyl (C=O) groups is 1. The number of rotatable bonds is 6. The molecule has 0 spiro atoms. The topological polar surface area (TPSA) is 70.2 Å². The molecule has 6 nitrogen and oxygen atoms in total. The summed E-state index contributed by atoms with van der Waals surface area (Å²) in [6.07, 6.45) is 10.3. The van der Waals surface area contributed by atoms with Crippen molar-refractivity contribution in [3.05, 3.63) is 24.3 Å². The van der Waals surface area contributed by atoms with Crippen molar-refractivity contribution in [2.75, 3.05) is 30.9 Å². The number of anilines is 2. The van der Waals surface area contributed by atoms with Crippen LogP contribution in [-0.4, -0.2) is 42.6 Å². The van der Waals surface area contributed by atoms with E-state index in [2.05, 4.69) is 16.7 Å². The van der Waals surface area contributed by atoms with Gasteiger partial charge in [-0.25, -0.2) is 4.98 Å². The van der Waals surface area contributed by atoms with E-state index in [1.54, 1.807) is 0 Å². The zero-order chi connectivity index (χ0) is 20.9. The first-order valence-electron chi connectivity index (χ1n) is 11.6. The highest BCUT2D eigenvalue weighted by Gasteiger charge is 2.25. The van der Waals surface area contributed by atoms with Crippen LogP contribution < -0.4 is 15.5 Å². The van der Waals surface area contributed by atoms with E-state index in [1.807, 2.05) is 37.2 Å². The zero-order valence-corrected chi connectivity index (χ0v) is 18.4. The third kappa shape index (κ3) is 5.02. The molecule has 2 aromatic rings. The Hall–Kier alpha value is -2.37. The average molecular weight is 410 g/mol. The molecule has 162 valence electrons. The third-order valence-corrected chi connectivity index (χ3v) is 6.73. The third-order valence-electron chi connectivity index (χ3n) is 6.73. The zero-order valence-electron chi connectivity index (χ0n) is 18.4. The Balaban J connectivity index is 1.29. The highest BCUT2D eigenvalue weighted by molar-refractivity contribution is 5.90. The van der Waals surface area contributed by atoms with Crippen LogP contribution in [0.2, 0.25) is 0 Å². The van der Waals surface area contributed by atoms with Crippen molar-refractivity contribution in [2.24, 2.45) is 11.8 Å². The summed E-state index contributed by atoms with van der Waals surface area (Å²) in [5.41, 5.74) is 0.970. The van der Waals surface area contributed by atoms with Crippen LogP contribution in [0.1, 0.15) is 57.8 Å². The number of carbonyl (C=O) groups excluding carboxylic acids is 1. The molecule has 1 heterocycles. The van der Waals surface area contributed by atoms with Crippen LogP contribution in [0.4, 0.5) is 11.8 Å². The molecule has 1 amide bonds. The Morgan fingerprint density at radius 1 is 1.00 bits per heavy atom. The summed E-state index contributed by atoms with van der Waals surface area (Å²) in [5, 5.41) is 7.88. The predicted octanol–water partition coefficient (Wildman–Crippen LogP) is 4.36. The molecule has 0 radical (unpaired) electrons. The van der Waals surface area contributed by atoms with Crippen molar-refractivity contribution >= 4 is 28.6 Å². The summed E-state index contributed by atoms with van der Waals surface area (Å²) in [6.45, 7) is 0.833. The summed E-state index contributed by atoms with van der Waals surface area (Å²) in [4.78, 5) is 23.9. The molecule has 2 aliphatic rings. The molecule has 6 heteroatoms. The SMILES string of the molecule is CN(C)c1nc(NC2CCC(CNC(=O)C3CCCCC3)CC2)nc2ccccc12. The average Bonchev–Trinajstić information content (AvgIpc) is 2.78. The van der Waals surface area contributed by atoms with Gasteiger partial charge in [0.2, 0.25) is 11.9 Å². The van der Waals surface area contributed by atoms with Gasteiger partial charge in [-0.05, 0) is 56.6 Å². The fraction of sp³-hybridized carbons (Fsp3) is 0.625. The van der Waals surface area contributed by atoms with Crippen molar-refractivity contribution < 1.29 is 4.79 Å². The Labute approximate surface area is 179 Å². The second-order valence-corrected chi connectivity index (χ2v) is 9.22. The van der Waals surface area contributed by atoms with E-state index in [0.717, 1.165) is 61.8 Å². The molecule has 0 unspecified atom stereocenters. The van der Waals surface area contributed by atoms with Crippen molar-refractivity contribution in [3.63, 3.8) is 0 Å². The van der Waals surface area contributed by atoms with Gasteiger partial charge in [0.25, 0.3) is 0 Å². The van der Waals surface area contributed by atoms with Crippen molar-refractivity contribution in [1.82, 2.24) is 15.3 Å². The van der Waals surface area contributed by atoms with Gasteiger partial charge < -0.3 is 15.5 Å². The molecule has 2 fully saturated rings. The minimum absolute atomic E-state index is 0.257. The lowest BCUT2D eigenvalue weighted by molar-refractivity contribution is -0.126. The number of aromatic nitrogens is 2. The largest absolute Gasteiger partial charge is 0.362 e. The van der Waals surface area contributed by atoms with Crippen molar-refractivity contribution in [3.8, 4) is 0 Å². The predicted molar refractivity (Wildman–Crippen MR) is 123 cm³/mol. The molecule has 0 bridgehead atoms. The number of hydrogen-bond donors (Lipinski definition) is 2. The standard InChI is InChI=1S/C24H35N5O/c1-29(2)22-20-10-6-7-11-21(20)27-24(28-22)26-19-14-12-17(13-15-19)16-25-23(30)18-8-4-3-5-9-18/h6-7,10-11,17-19H,3-5,8-9,12-16H2,1-2H3,(H,25,30)(H,26,27,28). The van der Waals surface area contributed by atoms with E-state index in [9.17, 15) is 4.79 Å². The highest BCUT2D eigenvalue weighted by Crippen LogP contribution is 2.29. The molecule has 2 N–H and O–H groups in total. The Morgan fingerprint density at radius 3 is 2.47 bits per heavy atom. The molecule has 1 aromatic heterocycles. The first kappa shape index (κ1) is 20.9. The van der Waals surface area contributed by atoms with Crippen LogP contribution in [0, 0.1) is 11.8 Å². The van der Waals surface area contributed by atoms with Crippen molar-refractivity contribution in [1.29, 1.82) is 0 Å². The molecule has 30 heavy (non-hydrogen) atoms. The lowest BCUT2D eigenvalue weighted by Crippen LogP contribution is -2.37. The molecule has 0 saturated heterocycles.